The molecular formula is C11H18ClN3O2S2. The van der Waals surface area contributed by atoms with E-state index in [9.17, 15) is 8.42 Å². The Kier molecular flexibility index (Phi) is 6.38. The first-order valence-electron chi connectivity index (χ1n) is 5.84. The van der Waals surface area contributed by atoms with Crippen molar-refractivity contribution in [2.24, 2.45) is 0 Å². The van der Waals surface area contributed by atoms with Crippen LogP contribution in [0.15, 0.2) is 17.2 Å². The number of halogens is 1. The molecule has 0 aliphatic rings. The summed E-state index contributed by atoms with van der Waals surface area (Å²) in [5, 5.41) is 3.06. The first-order chi connectivity index (χ1) is 8.90. The largest absolute Gasteiger partial charge is 0.372 e. The Morgan fingerprint density at radius 1 is 1.53 bits per heavy atom. The molecule has 1 aromatic heterocycles. The zero-order valence-corrected chi connectivity index (χ0v) is 13.5. The quantitative estimate of drug-likeness (QED) is 0.805. The zero-order valence-electron chi connectivity index (χ0n) is 11.1. The Hall–Kier alpha value is -0.500. The molecule has 0 amide bonds. The molecule has 2 N–H and O–H groups in total. The number of pyridine rings is 1. The van der Waals surface area contributed by atoms with Crippen molar-refractivity contribution in [3.8, 4) is 0 Å². The summed E-state index contributed by atoms with van der Waals surface area (Å²) in [6.07, 6.45) is 1.29. The third kappa shape index (κ3) is 4.83. The number of hydrogen-bond acceptors (Lipinski definition) is 5. The summed E-state index contributed by atoms with van der Waals surface area (Å²) in [6, 6.07) is 1.25. The SMILES string of the molecule is CCSCC(C)NS(=O)(=O)c1cnc(NC)c(Cl)c1. The fourth-order valence-electron chi connectivity index (χ4n) is 1.41. The first-order valence-corrected chi connectivity index (χ1v) is 8.85. The molecule has 0 aliphatic heterocycles. The van der Waals surface area contributed by atoms with Gasteiger partial charge in [0, 0.05) is 25.0 Å². The van der Waals surface area contributed by atoms with Gasteiger partial charge in [-0.05, 0) is 18.7 Å². The van der Waals surface area contributed by atoms with Gasteiger partial charge in [0.2, 0.25) is 10.0 Å². The number of thioether (sulfide) groups is 1. The molecule has 8 heteroatoms. The Morgan fingerprint density at radius 3 is 2.74 bits per heavy atom. The van der Waals surface area contributed by atoms with Crippen molar-refractivity contribution < 1.29 is 8.42 Å². The molecule has 1 heterocycles. The summed E-state index contributed by atoms with van der Waals surface area (Å²) in [5.74, 6) is 2.14. The third-order valence-electron chi connectivity index (χ3n) is 2.29. The normalized spacial score (nSPS) is 13.3. The summed E-state index contributed by atoms with van der Waals surface area (Å²) in [7, 11) is -1.90. The number of nitrogens with one attached hydrogen (secondary N) is 2. The van der Waals surface area contributed by atoms with E-state index in [-0.39, 0.29) is 16.0 Å². The van der Waals surface area contributed by atoms with Gasteiger partial charge in [0.15, 0.2) is 0 Å². The molecule has 1 unspecified atom stereocenters. The average molecular weight is 324 g/mol. The Bertz CT molecular complexity index is 523. The predicted molar refractivity (Wildman–Crippen MR) is 81.6 cm³/mol. The van der Waals surface area contributed by atoms with E-state index in [0.29, 0.717) is 5.82 Å². The fourth-order valence-corrected chi connectivity index (χ4v) is 3.73. The summed E-state index contributed by atoms with van der Waals surface area (Å²) < 4.78 is 26.8. The highest BCUT2D eigenvalue weighted by Gasteiger charge is 2.19. The lowest BCUT2D eigenvalue weighted by atomic mass is 10.4. The van der Waals surface area contributed by atoms with Crippen LogP contribution >= 0.6 is 23.4 Å². The van der Waals surface area contributed by atoms with Gasteiger partial charge in [-0.25, -0.2) is 18.1 Å². The van der Waals surface area contributed by atoms with Crippen molar-refractivity contribution in [3.05, 3.63) is 17.3 Å². The highest BCUT2D eigenvalue weighted by atomic mass is 35.5. The number of anilines is 1. The third-order valence-corrected chi connectivity index (χ3v) is 5.28. The minimum absolute atomic E-state index is 0.0739. The van der Waals surface area contributed by atoms with Crippen LogP contribution in [0, 0.1) is 0 Å². The maximum absolute atomic E-state index is 12.1. The van der Waals surface area contributed by atoms with Crippen LogP contribution in [0.1, 0.15) is 13.8 Å². The summed E-state index contributed by atoms with van der Waals surface area (Å²) in [6.45, 7) is 3.86. The molecular weight excluding hydrogens is 306 g/mol. The molecule has 19 heavy (non-hydrogen) atoms. The molecule has 5 nitrogen and oxygen atoms in total. The maximum atomic E-state index is 12.1. The zero-order chi connectivity index (χ0) is 14.5. The highest BCUT2D eigenvalue weighted by Crippen LogP contribution is 2.22. The second-order valence-electron chi connectivity index (χ2n) is 3.93. The maximum Gasteiger partial charge on any atom is 0.242 e. The molecule has 0 aliphatic carbocycles. The summed E-state index contributed by atoms with van der Waals surface area (Å²) in [5.41, 5.74) is 0. The molecule has 0 spiro atoms. The van der Waals surface area contributed by atoms with Crippen molar-refractivity contribution in [1.82, 2.24) is 9.71 Å². The van der Waals surface area contributed by atoms with Crippen molar-refractivity contribution in [2.45, 2.75) is 24.8 Å². The summed E-state index contributed by atoms with van der Waals surface area (Å²) in [4.78, 5) is 4.04. The second kappa shape index (κ2) is 7.33. The minimum Gasteiger partial charge on any atom is -0.372 e. The topological polar surface area (TPSA) is 71.1 Å². The lowest BCUT2D eigenvalue weighted by Gasteiger charge is -2.14. The van der Waals surface area contributed by atoms with Crippen molar-refractivity contribution in [3.63, 3.8) is 0 Å². The number of nitrogens with zero attached hydrogens (tertiary/aromatic N) is 1. The van der Waals surface area contributed by atoms with Gasteiger partial charge in [0.25, 0.3) is 0 Å². The molecule has 1 aromatic rings. The fraction of sp³-hybridized carbons (Fsp3) is 0.545. The standard InChI is InChI=1S/C11H18ClN3O2S2/c1-4-18-7-8(2)15-19(16,17)9-5-10(12)11(13-3)14-6-9/h5-6,8,15H,4,7H2,1-3H3,(H,13,14). The Labute approximate surface area is 123 Å². The van der Waals surface area contributed by atoms with E-state index in [1.807, 2.05) is 13.8 Å². The monoisotopic (exact) mass is 323 g/mol. The van der Waals surface area contributed by atoms with Gasteiger partial charge in [-0.3, -0.25) is 0 Å². The van der Waals surface area contributed by atoms with Crippen LogP contribution in [0.3, 0.4) is 0 Å². The van der Waals surface area contributed by atoms with Gasteiger partial charge < -0.3 is 5.32 Å². The predicted octanol–water partition coefficient (Wildman–Crippen LogP) is 2.20. The van der Waals surface area contributed by atoms with Gasteiger partial charge in [-0.1, -0.05) is 18.5 Å². The van der Waals surface area contributed by atoms with Gasteiger partial charge in [-0.15, -0.1) is 0 Å². The smallest absolute Gasteiger partial charge is 0.242 e. The number of rotatable bonds is 7. The molecule has 1 rings (SSSR count). The van der Waals surface area contributed by atoms with Crippen LogP contribution in [0.2, 0.25) is 5.02 Å². The molecule has 0 aromatic carbocycles. The minimum atomic E-state index is -3.58. The van der Waals surface area contributed by atoms with Crippen LogP contribution in [-0.2, 0) is 10.0 Å². The van der Waals surface area contributed by atoms with Crippen LogP contribution < -0.4 is 10.0 Å². The van der Waals surface area contributed by atoms with E-state index in [1.165, 1.54) is 12.3 Å². The second-order valence-corrected chi connectivity index (χ2v) is 7.37. The Morgan fingerprint density at radius 2 is 2.21 bits per heavy atom. The molecule has 0 saturated carbocycles. The van der Waals surface area contributed by atoms with Crippen LogP contribution in [0.4, 0.5) is 5.82 Å². The van der Waals surface area contributed by atoms with Crippen LogP contribution in [-0.4, -0.2) is 38.0 Å². The molecule has 1 atom stereocenters. The average Bonchev–Trinajstić information content (AvgIpc) is 2.35. The van der Waals surface area contributed by atoms with Gasteiger partial charge in [0.05, 0.1) is 5.02 Å². The van der Waals surface area contributed by atoms with Crippen LogP contribution in [0.5, 0.6) is 0 Å². The molecule has 0 bridgehead atoms. The Balaban J connectivity index is 2.85. The van der Waals surface area contributed by atoms with Crippen molar-refractivity contribution in [2.75, 3.05) is 23.9 Å². The van der Waals surface area contributed by atoms with Gasteiger partial charge in [-0.2, -0.15) is 11.8 Å². The van der Waals surface area contributed by atoms with E-state index in [1.54, 1.807) is 18.8 Å². The lowest BCUT2D eigenvalue weighted by Crippen LogP contribution is -2.34. The number of aromatic nitrogens is 1. The molecule has 108 valence electrons. The van der Waals surface area contributed by atoms with E-state index < -0.39 is 10.0 Å². The summed E-state index contributed by atoms with van der Waals surface area (Å²) >= 11 is 7.62. The van der Waals surface area contributed by atoms with Gasteiger partial charge in [0.1, 0.15) is 10.7 Å². The van der Waals surface area contributed by atoms with E-state index >= 15 is 0 Å². The molecule has 0 saturated heterocycles. The molecule has 0 radical (unpaired) electrons. The number of hydrogen-bond donors (Lipinski definition) is 2. The van der Waals surface area contributed by atoms with E-state index in [4.69, 9.17) is 11.6 Å². The van der Waals surface area contributed by atoms with Crippen molar-refractivity contribution >= 4 is 39.2 Å². The highest BCUT2D eigenvalue weighted by molar-refractivity contribution is 7.99. The lowest BCUT2D eigenvalue weighted by molar-refractivity contribution is 0.570. The van der Waals surface area contributed by atoms with Crippen molar-refractivity contribution in [1.29, 1.82) is 0 Å². The van der Waals surface area contributed by atoms with E-state index in [0.717, 1.165) is 11.5 Å². The first kappa shape index (κ1) is 16.6. The van der Waals surface area contributed by atoms with E-state index in [2.05, 4.69) is 15.0 Å². The molecule has 0 fully saturated rings. The van der Waals surface area contributed by atoms with Gasteiger partial charge >= 0.3 is 0 Å². The van der Waals surface area contributed by atoms with Crippen LogP contribution in [0.25, 0.3) is 0 Å². The number of sulfonamides is 1.